The van der Waals surface area contributed by atoms with Crippen molar-refractivity contribution >= 4 is 40.8 Å². The molecule has 1 aromatic carbocycles. The van der Waals surface area contributed by atoms with Crippen molar-refractivity contribution in [2.45, 2.75) is 25.8 Å². The monoisotopic (exact) mass is 497 g/mol. The number of rotatable bonds is 4. The van der Waals surface area contributed by atoms with Crippen LogP contribution in [0, 0.1) is 6.92 Å². The summed E-state index contributed by atoms with van der Waals surface area (Å²) in [6.07, 6.45) is 2.21. The van der Waals surface area contributed by atoms with E-state index >= 15 is 0 Å². The number of likely N-dealkylation sites (tertiary alicyclic amines) is 1. The Kier molecular flexibility index (Phi) is 7.59. The molecule has 6 nitrogen and oxygen atoms in total. The predicted octanol–water partition coefficient (Wildman–Crippen LogP) is 2.62. The van der Waals surface area contributed by atoms with Gasteiger partial charge in [-0.3, -0.25) is 9.89 Å². The maximum Gasteiger partial charge on any atom is 0.193 e. The number of nitrogens with zero attached hydrogens (tertiary/aromatic N) is 3. The topological polar surface area (TPSA) is 55.9 Å². The quantitative estimate of drug-likeness (QED) is 0.388. The lowest BCUT2D eigenvalue weighted by molar-refractivity contribution is 0.0195. The summed E-state index contributed by atoms with van der Waals surface area (Å²) in [4.78, 5) is 13.0. The Morgan fingerprint density at radius 1 is 1.25 bits per heavy atom. The normalized spacial score (nSPS) is 21.1. The Labute approximate surface area is 184 Å². The highest BCUT2D eigenvalue weighted by Crippen LogP contribution is 2.22. The fourth-order valence-corrected chi connectivity index (χ4v) is 4.46. The van der Waals surface area contributed by atoms with Crippen LogP contribution in [0.5, 0.6) is 0 Å². The van der Waals surface area contributed by atoms with Crippen molar-refractivity contribution in [3.63, 3.8) is 0 Å². The molecule has 2 saturated heterocycles. The Hall–Kier alpha value is -1.32. The van der Waals surface area contributed by atoms with Crippen molar-refractivity contribution in [3.05, 3.63) is 35.5 Å². The minimum absolute atomic E-state index is 0. The van der Waals surface area contributed by atoms with E-state index in [1.54, 1.807) is 0 Å². The summed E-state index contributed by atoms with van der Waals surface area (Å²) in [5.41, 5.74) is 3.89. The number of hydrogen-bond donors (Lipinski definition) is 2. The highest BCUT2D eigenvalue weighted by molar-refractivity contribution is 14.0. The zero-order valence-electron chi connectivity index (χ0n) is 16.9. The maximum atomic E-state index is 5.49. The van der Waals surface area contributed by atoms with E-state index in [-0.39, 0.29) is 24.0 Å². The van der Waals surface area contributed by atoms with Crippen molar-refractivity contribution in [1.29, 1.82) is 0 Å². The van der Waals surface area contributed by atoms with E-state index in [4.69, 9.17) is 4.74 Å². The number of nitrogens with one attached hydrogen (secondary N) is 2. The van der Waals surface area contributed by atoms with Gasteiger partial charge in [0.05, 0.1) is 13.2 Å². The SMILES string of the molecule is CN=C(NCCc1c(C)[nH]c2ccccc12)N1CCC(N2CCOCC2)C1.I. The Morgan fingerprint density at radius 3 is 2.82 bits per heavy atom. The number of morpholine rings is 1. The molecule has 2 N–H and O–H groups in total. The molecule has 3 heterocycles. The minimum Gasteiger partial charge on any atom is -0.379 e. The molecule has 0 amide bonds. The summed E-state index contributed by atoms with van der Waals surface area (Å²) < 4.78 is 5.49. The fourth-order valence-electron chi connectivity index (χ4n) is 4.46. The molecule has 1 aromatic heterocycles. The molecule has 1 unspecified atom stereocenters. The number of hydrogen-bond acceptors (Lipinski definition) is 3. The minimum atomic E-state index is 0. The van der Waals surface area contributed by atoms with Gasteiger partial charge in [0.25, 0.3) is 0 Å². The molecule has 1 atom stereocenters. The molecule has 154 valence electrons. The molecule has 0 bridgehead atoms. The van der Waals surface area contributed by atoms with Crippen molar-refractivity contribution < 1.29 is 4.74 Å². The molecule has 2 aliphatic heterocycles. The Morgan fingerprint density at radius 2 is 2.04 bits per heavy atom. The number of halogens is 1. The summed E-state index contributed by atoms with van der Waals surface area (Å²) in [6, 6.07) is 9.18. The number of H-pyrrole nitrogens is 1. The molecular weight excluding hydrogens is 465 g/mol. The van der Waals surface area contributed by atoms with Crippen LogP contribution in [-0.2, 0) is 11.2 Å². The van der Waals surface area contributed by atoms with Crippen LogP contribution in [-0.4, -0.2) is 79.8 Å². The van der Waals surface area contributed by atoms with Gasteiger partial charge < -0.3 is 19.9 Å². The van der Waals surface area contributed by atoms with Gasteiger partial charge in [-0.2, -0.15) is 0 Å². The zero-order valence-corrected chi connectivity index (χ0v) is 19.2. The number of guanidine groups is 1. The van der Waals surface area contributed by atoms with Crippen LogP contribution >= 0.6 is 24.0 Å². The van der Waals surface area contributed by atoms with Gasteiger partial charge in [0, 0.05) is 62.4 Å². The lowest BCUT2D eigenvalue weighted by atomic mass is 10.1. The van der Waals surface area contributed by atoms with E-state index in [0.29, 0.717) is 6.04 Å². The highest BCUT2D eigenvalue weighted by Gasteiger charge is 2.30. The Bertz CT molecular complexity index is 799. The van der Waals surface area contributed by atoms with Crippen molar-refractivity contribution in [3.8, 4) is 0 Å². The van der Waals surface area contributed by atoms with Crippen LogP contribution in [0.2, 0.25) is 0 Å². The molecular formula is C21H32IN5O. The van der Waals surface area contributed by atoms with Crippen molar-refractivity contribution in [1.82, 2.24) is 20.1 Å². The van der Waals surface area contributed by atoms with E-state index in [9.17, 15) is 0 Å². The van der Waals surface area contributed by atoms with Gasteiger partial charge in [0.2, 0.25) is 0 Å². The van der Waals surface area contributed by atoms with E-state index in [0.717, 1.165) is 58.3 Å². The third-order valence-corrected chi connectivity index (χ3v) is 5.92. The van der Waals surface area contributed by atoms with Gasteiger partial charge >= 0.3 is 0 Å². The molecule has 2 aromatic rings. The largest absolute Gasteiger partial charge is 0.379 e. The fraction of sp³-hybridized carbons (Fsp3) is 0.571. The molecule has 0 aliphatic carbocycles. The summed E-state index contributed by atoms with van der Waals surface area (Å²) in [7, 11) is 1.89. The number of aromatic nitrogens is 1. The van der Waals surface area contributed by atoms with Crippen LogP contribution in [0.1, 0.15) is 17.7 Å². The number of aromatic amines is 1. The number of benzene rings is 1. The van der Waals surface area contributed by atoms with E-state index in [1.165, 1.54) is 28.6 Å². The first-order valence-corrected chi connectivity index (χ1v) is 10.1. The van der Waals surface area contributed by atoms with Crippen LogP contribution in [0.25, 0.3) is 10.9 Å². The molecule has 7 heteroatoms. The first-order chi connectivity index (χ1) is 13.3. The molecule has 2 aliphatic rings. The van der Waals surface area contributed by atoms with Gasteiger partial charge in [-0.1, -0.05) is 18.2 Å². The van der Waals surface area contributed by atoms with Gasteiger partial charge in [-0.15, -0.1) is 24.0 Å². The smallest absolute Gasteiger partial charge is 0.193 e. The number of aryl methyl sites for hydroxylation is 1. The van der Waals surface area contributed by atoms with Crippen molar-refractivity contribution in [2.75, 3.05) is 53.0 Å². The third-order valence-electron chi connectivity index (χ3n) is 5.92. The van der Waals surface area contributed by atoms with E-state index in [1.807, 2.05) is 7.05 Å². The number of fused-ring (bicyclic) bond motifs is 1. The van der Waals surface area contributed by atoms with Crippen molar-refractivity contribution in [2.24, 2.45) is 4.99 Å². The lowest BCUT2D eigenvalue weighted by Gasteiger charge is -2.32. The highest BCUT2D eigenvalue weighted by atomic mass is 127. The average molecular weight is 497 g/mol. The number of aliphatic imine (C=N–C) groups is 1. The molecule has 0 radical (unpaired) electrons. The first-order valence-electron chi connectivity index (χ1n) is 10.1. The molecule has 2 fully saturated rings. The van der Waals surface area contributed by atoms with E-state index < -0.39 is 0 Å². The van der Waals surface area contributed by atoms with Crippen LogP contribution in [0.15, 0.2) is 29.3 Å². The summed E-state index contributed by atoms with van der Waals surface area (Å²) in [5, 5.41) is 4.92. The van der Waals surface area contributed by atoms with E-state index in [2.05, 4.69) is 56.3 Å². The van der Waals surface area contributed by atoms with Gasteiger partial charge in [0.15, 0.2) is 5.96 Å². The Balaban J connectivity index is 0.00000225. The van der Waals surface area contributed by atoms with Crippen LogP contribution in [0.3, 0.4) is 0 Å². The molecule has 0 spiro atoms. The van der Waals surface area contributed by atoms with Crippen LogP contribution in [0.4, 0.5) is 0 Å². The molecule has 0 saturated carbocycles. The zero-order chi connectivity index (χ0) is 18.6. The first kappa shape index (κ1) is 21.4. The maximum absolute atomic E-state index is 5.49. The third kappa shape index (κ3) is 4.63. The second kappa shape index (κ2) is 9.93. The second-order valence-corrected chi connectivity index (χ2v) is 7.53. The number of para-hydroxylation sites is 1. The average Bonchev–Trinajstić information content (AvgIpc) is 3.31. The molecule has 28 heavy (non-hydrogen) atoms. The molecule has 4 rings (SSSR count). The standard InChI is InChI=1S/C21H31N5O.HI/c1-16-18(19-5-3-4-6-20(19)24-16)7-9-23-21(22-2)26-10-8-17(15-26)25-11-13-27-14-12-25;/h3-6,17,24H,7-15H2,1-2H3,(H,22,23);1H. The number of ether oxygens (including phenoxy) is 1. The summed E-state index contributed by atoms with van der Waals surface area (Å²) >= 11 is 0. The lowest BCUT2D eigenvalue weighted by Crippen LogP contribution is -2.46. The summed E-state index contributed by atoms with van der Waals surface area (Å²) in [6.45, 7) is 9.06. The predicted molar refractivity (Wildman–Crippen MR) is 126 cm³/mol. The second-order valence-electron chi connectivity index (χ2n) is 7.53. The van der Waals surface area contributed by atoms with Gasteiger partial charge in [-0.05, 0) is 31.4 Å². The summed E-state index contributed by atoms with van der Waals surface area (Å²) in [5.74, 6) is 1.03. The van der Waals surface area contributed by atoms with Gasteiger partial charge in [-0.25, -0.2) is 0 Å². The van der Waals surface area contributed by atoms with Crippen LogP contribution < -0.4 is 5.32 Å². The van der Waals surface area contributed by atoms with Gasteiger partial charge in [0.1, 0.15) is 0 Å².